The van der Waals surface area contributed by atoms with Crippen LogP contribution in [0, 0.1) is 13.8 Å². The third-order valence-electron chi connectivity index (χ3n) is 3.97. The zero-order valence-electron chi connectivity index (χ0n) is 13.3. The zero-order chi connectivity index (χ0) is 15.2. The summed E-state index contributed by atoms with van der Waals surface area (Å²) in [6, 6.07) is 6.12. The third kappa shape index (κ3) is 5.30. The van der Waals surface area contributed by atoms with E-state index < -0.39 is 6.10 Å². The molecule has 0 bridgehead atoms. The Morgan fingerprint density at radius 2 is 1.81 bits per heavy atom. The van der Waals surface area contributed by atoms with Gasteiger partial charge in [0.15, 0.2) is 0 Å². The van der Waals surface area contributed by atoms with E-state index in [0.717, 1.165) is 31.7 Å². The Morgan fingerprint density at radius 1 is 1.19 bits per heavy atom. The lowest BCUT2D eigenvalue weighted by atomic mass is 10.1. The van der Waals surface area contributed by atoms with Gasteiger partial charge in [0.2, 0.25) is 0 Å². The highest BCUT2D eigenvalue weighted by Gasteiger charge is 2.20. The summed E-state index contributed by atoms with van der Waals surface area (Å²) in [6.07, 6.45) is 2.01. The predicted molar refractivity (Wildman–Crippen MR) is 83.9 cm³/mol. The lowest BCUT2D eigenvalue weighted by molar-refractivity contribution is 0.0153. The number of aliphatic hydroxyl groups is 1. The minimum Gasteiger partial charge on any atom is -0.491 e. The number of benzene rings is 1. The molecular formula is C17H27NO3. The molecule has 0 radical (unpaired) electrons. The van der Waals surface area contributed by atoms with Crippen molar-refractivity contribution >= 4 is 0 Å². The summed E-state index contributed by atoms with van der Waals surface area (Å²) in [6.45, 7) is 7.08. The van der Waals surface area contributed by atoms with Gasteiger partial charge in [-0.25, -0.2) is 0 Å². The smallest absolute Gasteiger partial charge is 0.119 e. The summed E-state index contributed by atoms with van der Waals surface area (Å²) in [5.41, 5.74) is 2.36. The lowest BCUT2D eigenvalue weighted by Gasteiger charge is -2.32. The minimum absolute atomic E-state index is 0.340. The molecule has 21 heavy (non-hydrogen) atoms. The number of rotatable bonds is 6. The van der Waals surface area contributed by atoms with Gasteiger partial charge in [-0.15, -0.1) is 0 Å². The van der Waals surface area contributed by atoms with Gasteiger partial charge in [-0.2, -0.15) is 0 Å². The number of aliphatic hydroxyl groups excluding tert-OH is 1. The molecule has 0 aromatic heterocycles. The van der Waals surface area contributed by atoms with E-state index >= 15 is 0 Å². The molecule has 118 valence electrons. The summed E-state index contributed by atoms with van der Waals surface area (Å²) in [5.74, 6) is 0.838. The average molecular weight is 293 g/mol. The van der Waals surface area contributed by atoms with E-state index in [0.29, 0.717) is 19.3 Å². The fourth-order valence-corrected chi connectivity index (χ4v) is 2.89. The molecule has 1 N–H and O–H groups in total. The van der Waals surface area contributed by atoms with Crippen LogP contribution < -0.4 is 4.74 Å². The molecule has 1 aliphatic rings. The molecule has 0 amide bonds. The molecule has 0 saturated carbocycles. The van der Waals surface area contributed by atoms with Gasteiger partial charge in [0.25, 0.3) is 0 Å². The Labute approximate surface area is 127 Å². The standard InChI is InChI=1S/C17H27NO3/c1-13-8-14(2)10-17(9-13)21-12-15(19)11-18-6-4-16(20-3)5-7-18/h8-10,15-16,19H,4-7,11-12H2,1-3H3. The monoisotopic (exact) mass is 293 g/mol. The van der Waals surface area contributed by atoms with Gasteiger partial charge in [0, 0.05) is 26.7 Å². The lowest BCUT2D eigenvalue weighted by Crippen LogP contribution is -2.42. The van der Waals surface area contributed by atoms with Gasteiger partial charge in [0.05, 0.1) is 6.10 Å². The van der Waals surface area contributed by atoms with Crippen molar-refractivity contribution in [1.29, 1.82) is 0 Å². The molecule has 1 atom stereocenters. The van der Waals surface area contributed by atoms with E-state index in [1.54, 1.807) is 7.11 Å². The largest absolute Gasteiger partial charge is 0.491 e. The number of methoxy groups -OCH3 is 1. The van der Waals surface area contributed by atoms with Crippen molar-refractivity contribution in [1.82, 2.24) is 4.90 Å². The molecule has 0 aliphatic carbocycles. The van der Waals surface area contributed by atoms with Gasteiger partial charge in [-0.1, -0.05) is 6.07 Å². The highest BCUT2D eigenvalue weighted by Crippen LogP contribution is 2.17. The normalized spacial score (nSPS) is 18.7. The zero-order valence-corrected chi connectivity index (χ0v) is 13.3. The van der Waals surface area contributed by atoms with E-state index in [-0.39, 0.29) is 0 Å². The molecule has 2 rings (SSSR count). The Kier molecular flexibility index (Phi) is 6.03. The molecule has 1 aliphatic heterocycles. The summed E-state index contributed by atoms with van der Waals surface area (Å²) < 4.78 is 11.1. The second kappa shape index (κ2) is 7.78. The fourth-order valence-electron chi connectivity index (χ4n) is 2.89. The van der Waals surface area contributed by atoms with E-state index in [2.05, 4.69) is 24.8 Å². The maximum Gasteiger partial charge on any atom is 0.119 e. The second-order valence-electron chi connectivity index (χ2n) is 6.02. The number of piperidine rings is 1. The Hall–Kier alpha value is -1.10. The van der Waals surface area contributed by atoms with Crippen LogP contribution in [0.1, 0.15) is 24.0 Å². The molecule has 4 nitrogen and oxygen atoms in total. The molecule has 0 spiro atoms. The van der Waals surface area contributed by atoms with Crippen LogP contribution in [0.25, 0.3) is 0 Å². The van der Waals surface area contributed by atoms with Gasteiger partial charge in [-0.3, -0.25) is 0 Å². The average Bonchev–Trinajstić information content (AvgIpc) is 2.45. The van der Waals surface area contributed by atoms with Gasteiger partial charge >= 0.3 is 0 Å². The predicted octanol–water partition coefficient (Wildman–Crippen LogP) is 2.15. The van der Waals surface area contributed by atoms with Crippen molar-refractivity contribution in [2.45, 2.75) is 38.9 Å². The summed E-state index contributed by atoms with van der Waals surface area (Å²) in [7, 11) is 1.77. The Bertz CT molecular complexity index is 421. The summed E-state index contributed by atoms with van der Waals surface area (Å²) in [5, 5.41) is 10.1. The van der Waals surface area contributed by atoms with Crippen molar-refractivity contribution in [3.8, 4) is 5.75 Å². The van der Waals surface area contributed by atoms with Crippen LogP contribution in [-0.2, 0) is 4.74 Å². The van der Waals surface area contributed by atoms with Crippen LogP contribution in [0.2, 0.25) is 0 Å². The van der Waals surface area contributed by atoms with E-state index in [1.807, 2.05) is 12.1 Å². The molecule has 1 heterocycles. The number of β-amino-alcohol motifs (C(OH)–C–C–N with tert-alkyl or cyclic N) is 1. The number of ether oxygens (including phenoxy) is 2. The first-order chi connectivity index (χ1) is 10.1. The highest BCUT2D eigenvalue weighted by atomic mass is 16.5. The van der Waals surface area contributed by atoms with Crippen LogP contribution in [0.3, 0.4) is 0 Å². The van der Waals surface area contributed by atoms with Crippen LogP contribution in [-0.4, -0.2) is 55.6 Å². The molecule has 1 aromatic rings. The number of hydrogen-bond donors (Lipinski definition) is 1. The first-order valence-electron chi connectivity index (χ1n) is 7.71. The maximum absolute atomic E-state index is 10.1. The fraction of sp³-hybridized carbons (Fsp3) is 0.647. The molecule has 1 aromatic carbocycles. The van der Waals surface area contributed by atoms with Crippen LogP contribution in [0.15, 0.2) is 18.2 Å². The van der Waals surface area contributed by atoms with Crippen molar-refractivity contribution in [2.75, 3.05) is 33.4 Å². The Balaban J connectivity index is 1.73. The molecule has 1 fully saturated rings. The van der Waals surface area contributed by atoms with Gasteiger partial charge in [0.1, 0.15) is 18.5 Å². The van der Waals surface area contributed by atoms with Crippen molar-refractivity contribution < 1.29 is 14.6 Å². The Morgan fingerprint density at radius 3 is 2.38 bits per heavy atom. The summed E-state index contributed by atoms with van der Waals surface area (Å²) in [4.78, 5) is 2.28. The molecule has 1 unspecified atom stereocenters. The second-order valence-corrected chi connectivity index (χ2v) is 6.02. The van der Waals surface area contributed by atoms with E-state index in [4.69, 9.17) is 9.47 Å². The van der Waals surface area contributed by atoms with Gasteiger partial charge < -0.3 is 19.5 Å². The molecule has 1 saturated heterocycles. The molecular weight excluding hydrogens is 266 g/mol. The quantitative estimate of drug-likeness (QED) is 0.873. The summed E-state index contributed by atoms with van der Waals surface area (Å²) >= 11 is 0. The number of aryl methyl sites for hydroxylation is 2. The topological polar surface area (TPSA) is 41.9 Å². The third-order valence-corrected chi connectivity index (χ3v) is 3.97. The number of hydrogen-bond acceptors (Lipinski definition) is 4. The minimum atomic E-state index is -0.454. The van der Waals surface area contributed by atoms with Crippen molar-refractivity contribution in [3.63, 3.8) is 0 Å². The first-order valence-corrected chi connectivity index (χ1v) is 7.71. The van der Waals surface area contributed by atoms with Crippen molar-refractivity contribution in [3.05, 3.63) is 29.3 Å². The van der Waals surface area contributed by atoms with Gasteiger partial charge in [-0.05, 0) is 49.9 Å². The van der Waals surface area contributed by atoms with E-state index in [1.165, 1.54) is 11.1 Å². The SMILES string of the molecule is COC1CCN(CC(O)COc2cc(C)cc(C)c2)CC1. The maximum atomic E-state index is 10.1. The molecule has 4 heteroatoms. The van der Waals surface area contributed by atoms with Crippen LogP contribution in [0.5, 0.6) is 5.75 Å². The first kappa shape index (κ1) is 16.3. The van der Waals surface area contributed by atoms with Crippen molar-refractivity contribution in [2.24, 2.45) is 0 Å². The van der Waals surface area contributed by atoms with Crippen LogP contribution in [0.4, 0.5) is 0 Å². The number of likely N-dealkylation sites (tertiary alicyclic amines) is 1. The number of nitrogens with zero attached hydrogens (tertiary/aromatic N) is 1. The van der Waals surface area contributed by atoms with Crippen LogP contribution >= 0.6 is 0 Å². The van der Waals surface area contributed by atoms with E-state index in [9.17, 15) is 5.11 Å². The highest BCUT2D eigenvalue weighted by molar-refractivity contribution is 5.32.